The number of rotatable bonds is 3. The van der Waals surface area contributed by atoms with E-state index in [1.807, 2.05) is 11.7 Å². The van der Waals surface area contributed by atoms with E-state index < -0.39 is 0 Å². The summed E-state index contributed by atoms with van der Waals surface area (Å²) in [7, 11) is 0. The van der Waals surface area contributed by atoms with Crippen molar-refractivity contribution in [3.8, 4) is 0 Å². The summed E-state index contributed by atoms with van der Waals surface area (Å²) in [6.45, 7) is 2.36. The minimum Gasteiger partial charge on any atom is -0.395 e. The lowest BCUT2D eigenvalue weighted by Crippen LogP contribution is -2.31. The van der Waals surface area contributed by atoms with E-state index in [0.29, 0.717) is 12.6 Å². The van der Waals surface area contributed by atoms with Crippen molar-refractivity contribution in [1.82, 2.24) is 9.88 Å². The van der Waals surface area contributed by atoms with Gasteiger partial charge in [-0.1, -0.05) is 0 Å². The van der Waals surface area contributed by atoms with Crippen LogP contribution >= 0.6 is 11.3 Å². The lowest BCUT2D eigenvalue weighted by atomic mass is 10.2. The van der Waals surface area contributed by atoms with Gasteiger partial charge in [0.25, 0.3) is 0 Å². The molecule has 0 aromatic carbocycles. The van der Waals surface area contributed by atoms with Gasteiger partial charge in [0, 0.05) is 23.7 Å². The fourth-order valence-corrected chi connectivity index (χ4v) is 2.45. The molecular formula is C9H14N2OS. The van der Waals surface area contributed by atoms with E-state index in [4.69, 9.17) is 5.11 Å². The zero-order valence-corrected chi connectivity index (χ0v) is 8.33. The van der Waals surface area contributed by atoms with Crippen LogP contribution in [0.25, 0.3) is 0 Å². The summed E-state index contributed by atoms with van der Waals surface area (Å²) in [6.07, 6.45) is 4.26. The molecule has 0 unspecified atom stereocenters. The Labute approximate surface area is 82.0 Å². The van der Waals surface area contributed by atoms with Gasteiger partial charge in [0.15, 0.2) is 0 Å². The molecule has 2 heterocycles. The van der Waals surface area contributed by atoms with Crippen LogP contribution in [0.2, 0.25) is 0 Å². The summed E-state index contributed by atoms with van der Waals surface area (Å²) < 4.78 is 0. The monoisotopic (exact) mass is 198 g/mol. The number of aliphatic hydroxyl groups excluding tert-OH is 1. The molecule has 1 aromatic heterocycles. The van der Waals surface area contributed by atoms with Crippen LogP contribution in [-0.2, 0) is 6.54 Å². The third-order valence-electron chi connectivity index (χ3n) is 2.55. The SMILES string of the molecule is OC[C@@H]1CCCN1Cc1cncs1. The van der Waals surface area contributed by atoms with Crippen LogP contribution in [0.3, 0.4) is 0 Å². The second kappa shape index (κ2) is 4.17. The first-order valence-electron chi connectivity index (χ1n) is 4.62. The third kappa shape index (κ3) is 2.07. The van der Waals surface area contributed by atoms with Crippen molar-refractivity contribution < 1.29 is 5.11 Å². The van der Waals surface area contributed by atoms with E-state index in [2.05, 4.69) is 9.88 Å². The Bertz CT molecular complexity index is 250. The number of hydrogen-bond donors (Lipinski definition) is 1. The molecule has 0 aliphatic carbocycles. The number of aliphatic hydroxyl groups is 1. The van der Waals surface area contributed by atoms with Gasteiger partial charge in [-0.3, -0.25) is 9.88 Å². The predicted molar refractivity (Wildman–Crippen MR) is 52.6 cm³/mol. The van der Waals surface area contributed by atoms with Gasteiger partial charge >= 0.3 is 0 Å². The third-order valence-corrected chi connectivity index (χ3v) is 3.32. The Hall–Kier alpha value is -0.450. The smallest absolute Gasteiger partial charge is 0.0794 e. The minimum absolute atomic E-state index is 0.290. The maximum atomic E-state index is 9.11. The molecule has 1 N–H and O–H groups in total. The Morgan fingerprint density at radius 3 is 3.31 bits per heavy atom. The number of likely N-dealkylation sites (tertiary alicyclic amines) is 1. The summed E-state index contributed by atoms with van der Waals surface area (Å²) >= 11 is 1.69. The van der Waals surface area contributed by atoms with Gasteiger partial charge in [0.2, 0.25) is 0 Å². The van der Waals surface area contributed by atoms with Gasteiger partial charge in [-0.2, -0.15) is 0 Å². The molecule has 1 aliphatic rings. The molecule has 0 spiro atoms. The maximum absolute atomic E-state index is 9.11. The summed E-state index contributed by atoms with van der Waals surface area (Å²) in [5.74, 6) is 0. The van der Waals surface area contributed by atoms with E-state index in [1.54, 1.807) is 11.3 Å². The van der Waals surface area contributed by atoms with Crippen LogP contribution in [0, 0.1) is 0 Å². The second-order valence-corrected chi connectivity index (χ2v) is 4.39. The highest BCUT2D eigenvalue weighted by molar-refractivity contribution is 7.09. The van der Waals surface area contributed by atoms with E-state index >= 15 is 0 Å². The first-order chi connectivity index (χ1) is 6.40. The van der Waals surface area contributed by atoms with Crippen molar-refractivity contribution in [2.45, 2.75) is 25.4 Å². The normalized spacial score (nSPS) is 23.9. The number of hydrogen-bond acceptors (Lipinski definition) is 4. The van der Waals surface area contributed by atoms with Gasteiger partial charge in [-0.15, -0.1) is 11.3 Å². The fraction of sp³-hybridized carbons (Fsp3) is 0.667. The molecule has 0 saturated carbocycles. The molecular weight excluding hydrogens is 184 g/mol. The first-order valence-corrected chi connectivity index (χ1v) is 5.50. The van der Waals surface area contributed by atoms with Crippen LogP contribution in [0.15, 0.2) is 11.7 Å². The molecule has 1 saturated heterocycles. The molecule has 1 atom stereocenters. The van der Waals surface area contributed by atoms with Crippen LogP contribution in [0.5, 0.6) is 0 Å². The summed E-state index contributed by atoms with van der Waals surface area (Å²) in [5, 5.41) is 9.11. The van der Waals surface area contributed by atoms with Crippen molar-refractivity contribution in [1.29, 1.82) is 0 Å². The van der Waals surface area contributed by atoms with Crippen molar-refractivity contribution in [3.05, 3.63) is 16.6 Å². The molecule has 0 amide bonds. The number of nitrogens with zero attached hydrogens (tertiary/aromatic N) is 2. The first kappa shape index (κ1) is 9.12. The van der Waals surface area contributed by atoms with Gasteiger partial charge in [-0.05, 0) is 19.4 Å². The molecule has 0 bridgehead atoms. The molecule has 3 nitrogen and oxygen atoms in total. The average molecular weight is 198 g/mol. The highest BCUT2D eigenvalue weighted by Crippen LogP contribution is 2.20. The van der Waals surface area contributed by atoms with Crippen LogP contribution in [-0.4, -0.2) is 34.2 Å². The fourth-order valence-electron chi connectivity index (χ4n) is 1.83. The summed E-state index contributed by atoms with van der Waals surface area (Å²) in [4.78, 5) is 7.68. The second-order valence-electron chi connectivity index (χ2n) is 3.42. The summed E-state index contributed by atoms with van der Waals surface area (Å²) in [6, 6.07) is 0.377. The van der Waals surface area contributed by atoms with Gasteiger partial charge in [-0.25, -0.2) is 0 Å². The minimum atomic E-state index is 0.290. The largest absolute Gasteiger partial charge is 0.395 e. The Morgan fingerprint density at radius 1 is 1.69 bits per heavy atom. The van der Waals surface area contributed by atoms with E-state index in [1.165, 1.54) is 11.3 Å². The molecule has 0 radical (unpaired) electrons. The maximum Gasteiger partial charge on any atom is 0.0794 e. The van der Waals surface area contributed by atoms with Crippen molar-refractivity contribution in [2.75, 3.05) is 13.2 Å². The van der Waals surface area contributed by atoms with Crippen LogP contribution in [0.4, 0.5) is 0 Å². The van der Waals surface area contributed by atoms with Crippen LogP contribution in [0.1, 0.15) is 17.7 Å². The standard InChI is InChI=1S/C9H14N2OS/c12-6-8-2-1-3-11(8)5-9-4-10-7-13-9/h4,7-8,12H,1-3,5-6H2/t8-/m0/s1. The number of aromatic nitrogens is 1. The van der Waals surface area contributed by atoms with Crippen molar-refractivity contribution >= 4 is 11.3 Å². The van der Waals surface area contributed by atoms with E-state index in [0.717, 1.165) is 19.5 Å². The molecule has 1 aromatic rings. The quantitative estimate of drug-likeness (QED) is 0.790. The molecule has 2 rings (SSSR count). The molecule has 72 valence electrons. The van der Waals surface area contributed by atoms with Crippen molar-refractivity contribution in [3.63, 3.8) is 0 Å². The Morgan fingerprint density at radius 2 is 2.62 bits per heavy atom. The van der Waals surface area contributed by atoms with E-state index in [-0.39, 0.29) is 0 Å². The Balaban J connectivity index is 1.94. The lowest BCUT2D eigenvalue weighted by molar-refractivity contribution is 0.154. The number of thiazole rings is 1. The predicted octanol–water partition coefficient (Wildman–Crippen LogP) is 1.10. The highest BCUT2D eigenvalue weighted by atomic mass is 32.1. The van der Waals surface area contributed by atoms with Gasteiger partial charge < -0.3 is 5.11 Å². The van der Waals surface area contributed by atoms with Crippen molar-refractivity contribution in [2.24, 2.45) is 0 Å². The van der Waals surface area contributed by atoms with E-state index in [9.17, 15) is 0 Å². The van der Waals surface area contributed by atoms with Crippen LogP contribution < -0.4 is 0 Å². The highest BCUT2D eigenvalue weighted by Gasteiger charge is 2.23. The van der Waals surface area contributed by atoms with Gasteiger partial charge in [0.05, 0.1) is 12.1 Å². The molecule has 1 fully saturated rings. The summed E-state index contributed by atoms with van der Waals surface area (Å²) in [5.41, 5.74) is 1.86. The molecule has 13 heavy (non-hydrogen) atoms. The average Bonchev–Trinajstić information content (AvgIpc) is 2.76. The lowest BCUT2D eigenvalue weighted by Gasteiger charge is -2.21. The topological polar surface area (TPSA) is 36.4 Å². The Kier molecular flexibility index (Phi) is 2.93. The molecule has 4 heteroatoms. The zero-order valence-electron chi connectivity index (χ0n) is 7.52. The van der Waals surface area contributed by atoms with Gasteiger partial charge in [0.1, 0.15) is 0 Å². The zero-order chi connectivity index (χ0) is 9.10. The molecule has 1 aliphatic heterocycles.